The molecule has 5 rings (SSSR count). The third-order valence-corrected chi connectivity index (χ3v) is 8.74. The zero-order valence-corrected chi connectivity index (χ0v) is 20.1. The van der Waals surface area contributed by atoms with Crippen molar-refractivity contribution in [3.8, 4) is 0 Å². The molecule has 0 bridgehead atoms. The maximum atomic E-state index is 13.9. The molecule has 1 atom stereocenters. The molecular formula is C26H34N4O2S. The Morgan fingerprint density at radius 3 is 2.55 bits per heavy atom. The number of hydrogen-bond acceptors (Lipinski definition) is 5. The third kappa shape index (κ3) is 4.58. The predicted octanol–water partition coefficient (Wildman–Crippen LogP) is 4.43. The highest BCUT2D eigenvalue weighted by atomic mass is 32.1. The molecule has 7 heteroatoms. The minimum atomic E-state index is -1.05. The molecule has 3 fully saturated rings. The van der Waals surface area contributed by atoms with Crippen LogP contribution in [0.15, 0.2) is 41.9 Å². The van der Waals surface area contributed by atoms with Crippen molar-refractivity contribution in [3.63, 3.8) is 0 Å². The van der Waals surface area contributed by atoms with Gasteiger partial charge in [-0.25, -0.2) is 4.79 Å². The van der Waals surface area contributed by atoms with Crippen molar-refractivity contribution in [1.82, 2.24) is 20.1 Å². The van der Waals surface area contributed by atoms with Crippen LogP contribution in [0.4, 0.5) is 4.79 Å². The van der Waals surface area contributed by atoms with E-state index < -0.39 is 5.54 Å². The van der Waals surface area contributed by atoms with Crippen molar-refractivity contribution in [2.75, 3.05) is 26.2 Å². The van der Waals surface area contributed by atoms with Crippen LogP contribution in [0.1, 0.15) is 55.5 Å². The number of thiophene rings is 1. The molecule has 176 valence electrons. The number of hydrogen-bond donors (Lipinski definition) is 1. The monoisotopic (exact) mass is 466 g/mol. The Hall–Kier alpha value is -2.25. The number of imide groups is 1. The van der Waals surface area contributed by atoms with E-state index in [1.807, 2.05) is 29.6 Å². The maximum absolute atomic E-state index is 13.9. The number of nitrogens with zero attached hydrogens (tertiary/aromatic N) is 3. The lowest BCUT2D eigenvalue weighted by atomic mass is 9.74. The van der Waals surface area contributed by atoms with Gasteiger partial charge < -0.3 is 10.2 Å². The summed E-state index contributed by atoms with van der Waals surface area (Å²) in [5.41, 5.74) is -0.377. The van der Waals surface area contributed by atoms with Crippen LogP contribution >= 0.6 is 11.3 Å². The number of urea groups is 1. The number of pyridine rings is 1. The molecule has 2 aliphatic heterocycles. The molecule has 33 heavy (non-hydrogen) atoms. The van der Waals surface area contributed by atoms with Gasteiger partial charge in [-0.3, -0.25) is 14.7 Å². The van der Waals surface area contributed by atoms with E-state index in [1.165, 1.54) is 48.4 Å². The summed E-state index contributed by atoms with van der Waals surface area (Å²) in [7, 11) is 0. The Labute approximate surface area is 200 Å². The highest BCUT2D eigenvalue weighted by Crippen LogP contribution is 2.41. The fourth-order valence-corrected chi connectivity index (χ4v) is 6.71. The third-order valence-electron chi connectivity index (χ3n) is 7.80. The van der Waals surface area contributed by atoms with Crippen molar-refractivity contribution in [2.24, 2.45) is 11.8 Å². The summed E-state index contributed by atoms with van der Waals surface area (Å²) < 4.78 is 0. The summed E-state index contributed by atoms with van der Waals surface area (Å²) in [6, 6.07) is 9.44. The highest BCUT2D eigenvalue weighted by molar-refractivity contribution is 7.09. The first kappa shape index (κ1) is 22.5. The summed E-state index contributed by atoms with van der Waals surface area (Å²) >= 11 is 1.66. The Balaban J connectivity index is 1.32. The molecule has 2 aromatic heterocycles. The topological polar surface area (TPSA) is 65.5 Å². The number of likely N-dealkylation sites (tertiary alicyclic amines) is 1. The van der Waals surface area contributed by atoms with Gasteiger partial charge in [0.15, 0.2) is 5.54 Å². The van der Waals surface area contributed by atoms with Gasteiger partial charge in [-0.2, -0.15) is 0 Å². The van der Waals surface area contributed by atoms with E-state index >= 15 is 0 Å². The van der Waals surface area contributed by atoms with Crippen molar-refractivity contribution in [2.45, 2.75) is 56.9 Å². The van der Waals surface area contributed by atoms with Crippen molar-refractivity contribution in [3.05, 3.63) is 52.5 Å². The van der Waals surface area contributed by atoms with Crippen LogP contribution in [0.25, 0.3) is 0 Å². The van der Waals surface area contributed by atoms with Crippen LogP contribution in [0, 0.1) is 11.8 Å². The van der Waals surface area contributed by atoms with Gasteiger partial charge in [0.05, 0.1) is 5.69 Å². The van der Waals surface area contributed by atoms with E-state index in [0.29, 0.717) is 18.7 Å². The number of rotatable bonds is 7. The molecule has 2 saturated heterocycles. The van der Waals surface area contributed by atoms with E-state index in [1.54, 1.807) is 17.5 Å². The van der Waals surface area contributed by atoms with Crippen molar-refractivity contribution in [1.29, 1.82) is 0 Å². The molecule has 0 aromatic carbocycles. The molecule has 1 aliphatic carbocycles. The average Bonchev–Trinajstić information content (AvgIpc) is 3.46. The molecule has 2 aromatic rings. The van der Waals surface area contributed by atoms with Gasteiger partial charge in [-0.1, -0.05) is 31.4 Å². The van der Waals surface area contributed by atoms with Gasteiger partial charge in [-0.15, -0.1) is 11.3 Å². The molecular weight excluding hydrogens is 432 g/mol. The van der Waals surface area contributed by atoms with Gasteiger partial charge in [0.2, 0.25) is 0 Å². The Morgan fingerprint density at radius 1 is 1.03 bits per heavy atom. The van der Waals surface area contributed by atoms with Gasteiger partial charge in [0.1, 0.15) is 0 Å². The number of aromatic nitrogens is 1. The quantitative estimate of drug-likeness (QED) is 0.614. The lowest BCUT2D eigenvalue weighted by molar-refractivity contribution is -0.134. The van der Waals surface area contributed by atoms with E-state index in [4.69, 9.17) is 0 Å². The minimum Gasteiger partial charge on any atom is -0.318 e. The molecule has 4 heterocycles. The van der Waals surface area contributed by atoms with Crippen LogP contribution < -0.4 is 5.32 Å². The van der Waals surface area contributed by atoms with E-state index in [2.05, 4.69) is 21.3 Å². The Kier molecular flexibility index (Phi) is 6.79. The lowest BCUT2D eigenvalue weighted by Crippen LogP contribution is -2.54. The number of carbonyl (C=O) groups excluding carboxylic acids is 2. The second-order valence-electron chi connectivity index (χ2n) is 9.82. The summed E-state index contributed by atoms with van der Waals surface area (Å²) in [4.78, 5) is 36.7. The van der Waals surface area contributed by atoms with Crippen LogP contribution in [-0.4, -0.2) is 52.9 Å². The second-order valence-corrected chi connectivity index (χ2v) is 10.9. The molecule has 1 saturated carbocycles. The predicted molar refractivity (Wildman–Crippen MR) is 130 cm³/mol. The largest absolute Gasteiger partial charge is 0.325 e. The molecule has 3 amide bonds. The fourth-order valence-electron chi connectivity index (χ4n) is 6.01. The second kappa shape index (κ2) is 9.94. The van der Waals surface area contributed by atoms with Crippen LogP contribution in [-0.2, 0) is 16.8 Å². The van der Waals surface area contributed by atoms with Gasteiger partial charge in [0.25, 0.3) is 5.91 Å². The van der Waals surface area contributed by atoms with E-state index in [9.17, 15) is 9.59 Å². The summed E-state index contributed by atoms with van der Waals surface area (Å²) in [6.07, 6.45) is 11.0. The number of nitrogens with one attached hydrogen (secondary N) is 1. The minimum absolute atomic E-state index is 0.0539. The first-order valence-corrected chi connectivity index (χ1v) is 13.3. The van der Waals surface area contributed by atoms with Crippen LogP contribution in [0.3, 0.4) is 0 Å². The summed E-state index contributed by atoms with van der Waals surface area (Å²) in [5, 5.41) is 5.17. The average molecular weight is 467 g/mol. The molecule has 0 unspecified atom stereocenters. The normalized spacial score (nSPS) is 25.5. The lowest BCUT2D eigenvalue weighted by Gasteiger charge is -2.41. The first-order valence-electron chi connectivity index (χ1n) is 12.5. The van der Waals surface area contributed by atoms with Gasteiger partial charge in [0, 0.05) is 24.2 Å². The Bertz CT molecular complexity index is 936. The summed E-state index contributed by atoms with van der Waals surface area (Å²) in [5.74, 6) is 0.743. The van der Waals surface area contributed by atoms with Crippen LogP contribution in [0.2, 0.25) is 0 Å². The number of piperidine rings is 1. The SMILES string of the molecule is O=C1N[C@@](c2ccccn2)(C2CCN(CC3CCCCC3)CC2)C(=O)N1CCc1cccs1. The number of carbonyl (C=O) groups is 2. The molecule has 0 radical (unpaired) electrons. The molecule has 1 N–H and O–H groups in total. The van der Waals surface area contributed by atoms with E-state index in [-0.39, 0.29) is 17.9 Å². The standard InChI is InChI=1S/C26H34N4O2S/c31-24-26(23-10-4-5-14-27-23,28-25(32)30(24)17-13-22-9-6-18-33-22)21-11-15-29(16-12-21)19-20-7-2-1-3-8-20/h4-6,9-10,14,18,20-21H,1-3,7-8,11-13,15-17,19H2,(H,28,32)/t26-/m1/s1. The van der Waals surface area contributed by atoms with Crippen LogP contribution in [0.5, 0.6) is 0 Å². The van der Waals surface area contributed by atoms with Gasteiger partial charge >= 0.3 is 6.03 Å². The van der Waals surface area contributed by atoms with Gasteiger partial charge in [-0.05, 0) is 80.6 Å². The maximum Gasteiger partial charge on any atom is 0.325 e. The Morgan fingerprint density at radius 2 is 1.85 bits per heavy atom. The smallest absolute Gasteiger partial charge is 0.318 e. The molecule has 3 aliphatic rings. The zero-order chi connectivity index (χ0) is 22.7. The zero-order valence-electron chi connectivity index (χ0n) is 19.2. The van der Waals surface area contributed by atoms with Crippen molar-refractivity contribution < 1.29 is 9.59 Å². The molecule has 0 spiro atoms. The first-order chi connectivity index (χ1) is 16.2. The summed E-state index contributed by atoms with van der Waals surface area (Å²) in [6.45, 7) is 3.54. The van der Waals surface area contributed by atoms with E-state index in [0.717, 1.165) is 31.8 Å². The number of amides is 3. The van der Waals surface area contributed by atoms with Crippen molar-refractivity contribution >= 4 is 23.3 Å². The fraction of sp³-hybridized carbons (Fsp3) is 0.577. The highest BCUT2D eigenvalue weighted by Gasteiger charge is 2.57. The molecule has 6 nitrogen and oxygen atoms in total.